The van der Waals surface area contributed by atoms with E-state index in [1.807, 2.05) is 4.57 Å². The number of hydrogen-bond donors (Lipinski definition) is 1. The van der Waals surface area contributed by atoms with E-state index in [1.165, 1.54) is 6.07 Å². The van der Waals surface area contributed by atoms with E-state index in [1.54, 1.807) is 6.07 Å². The van der Waals surface area contributed by atoms with Crippen molar-refractivity contribution >= 4 is 32.9 Å². The number of anilines is 1. The number of fused-ring (bicyclic) bond motifs is 1. The molecule has 0 radical (unpaired) electrons. The second kappa shape index (κ2) is 5.09. The highest BCUT2D eigenvalue weighted by Gasteiger charge is 2.17. The number of nitrogen functional groups attached to an aromatic ring is 1. The molecule has 2 aromatic rings. The average molecular weight is 328 g/mol. The first-order chi connectivity index (χ1) is 9.15. The molecule has 1 fully saturated rings. The molecule has 1 aliphatic rings. The number of ether oxygens (including phenoxy) is 1. The Balaban J connectivity index is 1.89. The smallest absolute Gasteiger partial charge is 0.201 e. The topological polar surface area (TPSA) is 53.1 Å². The third kappa shape index (κ3) is 2.47. The van der Waals surface area contributed by atoms with Crippen LogP contribution >= 0.6 is 15.9 Å². The van der Waals surface area contributed by atoms with Gasteiger partial charge in [0.1, 0.15) is 5.82 Å². The highest BCUT2D eigenvalue weighted by atomic mass is 79.9. The van der Waals surface area contributed by atoms with E-state index in [0.717, 1.165) is 37.9 Å². The molecule has 0 bridgehead atoms. The second-order valence-electron chi connectivity index (χ2n) is 4.80. The van der Waals surface area contributed by atoms with Crippen molar-refractivity contribution in [3.63, 3.8) is 0 Å². The third-order valence-electron chi connectivity index (χ3n) is 3.52. The average Bonchev–Trinajstić information content (AvgIpc) is 2.96. The Morgan fingerprint density at radius 2 is 2.37 bits per heavy atom. The quantitative estimate of drug-likeness (QED) is 0.942. The Bertz CT molecular complexity index is 607. The molecule has 0 saturated carbocycles. The van der Waals surface area contributed by atoms with Crippen LogP contribution in [0.25, 0.3) is 11.0 Å². The van der Waals surface area contributed by atoms with Crippen molar-refractivity contribution in [3.05, 3.63) is 22.4 Å². The Kier molecular flexibility index (Phi) is 3.45. The largest absolute Gasteiger partial charge is 0.378 e. The normalized spacial score (nSPS) is 19.4. The first-order valence-corrected chi connectivity index (χ1v) is 7.17. The van der Waals surface area contributed by atoms with Gasteiger partial charge in [-0.25, -0.2) is 9.37 Å². The Hall–Kier alpha value is -1.14. The molecule has 102 valence electrons. The lowest BCUT2D eigenvalue weighted by Crippen LogP contribution is -2.11. The van der Waals surface area contributed by atoms with Crippen molar-refractivity contribution in [1.29, 1.82) is 0 Å². The number of nitrogens with two attached hydrogens (primary N) is 1. The van der Waals surface area contributed by atoms with Crippen molar-refractivity contribution in [2.24, 2.45) is 0 Å². The molecule has 0 amide bonds. The molecule has 1 saturated heterocycles. The lowest BCUT2D eigenvalue weighted by atomic mass is 10.2. The zero-order chi connectivity index (χ0) is 13.4. The van der Waals surface area contributed by atoms with Crippen molar-refractivity contribution < 1.29 is 9.13 Å². The molecule has 1 aromatic heterocycles. The van der Waals surface area contributed by atoms with Crippen molar-refractivity contribution in [3.8, 4) is 0 Å². The zero-order valence-electron chi connectivity index (χ0n) is 10.4. The van der Waals surface area contributed by atoms with Crippen molar-refractivity contribution in [2.45, 2.75) is 31.9 Å². The van der Waals surface area contributed by atoms with Gasteiger partial charge < -0.3 is 15.0 Å². The van der Waals surface area contributed by atoms with Crippen molar-refractivity contribution in [1.82, 2.24) is 9.55 Å². The molecule has 19 heavy (non-hydrogen) atoms. The van der Waals surface area contributed by atoms with Gasteiger partial charge in [-0.3, -0.25) is 0 Å². The maximum atomic E-state index is 13.5. The lowest BCUT2D eigenvalue weighted by Gasteiger charge is -2.11. The number of aryl methyl sites for hydroxylation is 1. The van der Waals surface area contributed by atoms with Crippen LogP contribution in [0, 0.1) is 5.82 Å². The number of hydrogen-bond acceptors (Lipinski definition) is 3. The number of rotatable bonds is 3. The summed E-state index contributed by atoms with van der Waals surface area (Å²) in [5, 5.41) is 0. The first kappa shape index (κ1) is 12.9. The molecule has 2 N–H and O–H groups in total. The van der Waals surface area contributed by atoms with Gasteiger partial charge in [0.05, 0.1) is 21.6 Å². The van der Waals surface area contributed by atoms with E-state index in [2.05, 4.69) is 20.9 Å². The predicted molar refractivity (Wildman–Crippen MR) is 75.4 cm³/mol. The van der Waals surface area contributed by atoms with Gasteiger partial charge in [0.25, 0.3) is 0 Å². The SMILES string of the molecule is Nc1nc2cc(F)c(Br)cc2n1CCC1CCCO1. The van der Waals surface area contributed by atoms with Gasteiger partial charge in [0.2, 0.25) is 5.95 Å². The minimum Gasteiger partial charge on any atom is -0.378 e. The minimum absolute atomic E-state index is 0.306. The molecule has 0 aliphatic carbocycles. The number of aromatic nitrogens is 2. The van der Waals surface area contributed by atoms with E-state index in [0.29, 0.717) is 22.0 Å². The van der Waals surface area contributed by atoms with Crippen LogP contribution in [-0.2, 0) is 11.3 Å². The monoisotopic (exact) mass is 327 g/mol. The lowest BCUT2D eigenvalue weighted by molar-refractivity contribution is 0.101. The van der Waals surface area contributed by atoms with Crippen LogP contribution in [0.1, 0.15) is 19.3 Å². The standard InChI is InChI=1S/C13H15BrFN3O/c14-9-6-12-11(7-10(9)15)17-13(16)18(12)4-3-8-2-1-5-19-8/h6-8H,1-5H2,(H2,16,17). The van der Waals surface area contributed by atoms with Gasteiger partial charge in [-0.1, -0.05) is 0 Å². The summed E-state index contributed by atoms with van der Waals surface area (Å²) in [6, 6.07) is 3.13. The maximum Gasteiger partial charge on any atom is 0.201 e. The molecule has 1 atom stereocenters. The fraction of sp³-hybridized carbons (Fsp3) is 0.462. The number of benzene rings is 1. The number of imidazole rings is 1. The summed E-state index contributed by atoms with van der Waals surface area (Å²) in [7, 11) is 0. The number of nitrogens with zero attached hydrogens (tertiary/aromatic N) is 2. The van der Waals surface area contributed by atoms with Crippen LogP contribution in [0.3, 0.4) is 0 Å². The highest BCUT2D eigenvalue weighted by molar-refractivity contribution is 9.10. The zero-order valence-corrected chi connectivity index (χ0v) is 12.0. The molecule has 1 aliphatic heterocycles. The minimum atomic E-state index is -0.323. The summed E-state index contributed by atoms with van der Waals surface area (Å²) < 4.78 is 21.4. The molecule has 6 heteroatoms. The van der Waals surface area contributed by atoms with Crippen LogP contribution < -0.4 is 5.73 Å². The van der Waals surface area contributed by atoms with E-state index < -0.39 is 0 Å². The molecule has 1 unspecified atom stereocenters. The summed E-state index contributed by atoms with van der Waals surface area (Å²) in [5.74, 6) is 0.0989. The summed E-state index contributed by atoms with van der Waals surface area (Å²) in [6.07, 6.45) is 3.44. The second-order valence-corrected chi connectivity index (χ2v) is 5.65. The van der Waals surface area contributed by atoms with Crippen LogP contribution in [0.5, 0.6) is 0 Å². The van der Waals surface area contributed by atoms with E-state index in [-0.39, 0.29) is 5.82 Å². The van der Waals surface area contributed by atoms with Gasteiger partial charge in [-0.2, -0.15) is 0 Å². The van der Waals surface area contributed by atoms with Crippen LogP contribution in [0.15, 0.2) is 16.6 Å². The molecule has 1 aromatic carbocycles. The van der Waals surface area contributed by atoms with Crippen LogP contribution in [-0.4, -0.2) is 22.3 Å². The van der Waals surface area contributed by atoms with Gasteiger partial charge in [-0.05, 0) is 41.3 Å². The van der Waals surface area contributed by atoms with Gasteiger partial charge in [0, 0.05) is 19.2 Å². The van der Waals surface area contributed by atoms with E-state index in [4.69, 9.17) is 10.5 Å². The molecule has 2 heterocycles. The van der Waals surface area contributed by atoms with E-state index in [9.17, 15) is 4.39 Å². The Morgan fingerprint density at radius 1 is 1.53 bits per heavy atom. The Morgan fingerprint density at radius 3 is 3.11 bits per heavy atom. The summed E-state index contributed by atoms with van der Waals surface area (Å²) in [5.41, 5.74) is 7.35. The molecule has 4 nitrogen and oxygen atoms in total. The van der Waals surface area contributed by atoms with E-state index >= 15 is 0 Å². The summed E-state index contributed by atoms with van der Waals surface area (Å²) >= 11 is 3.20. The molecule has 0 spiro atoms. The van der Waals surface area contributed by atoms with Crippen LogP contribution in [0.2, 0.25) is 0 Å². The summed E-state index contributed by atoms with van der Waals surface area (Å²) in [4.78, 5) is 4.20. The van der Waals surface area contributed by atoms with Gasteiger partial charge >= 0.3 is 0 Å². The summed E-state index contributed by atoms with van der Waals surface area (Å²) in [6.45, 7) is 1.59. The highest BCUT2D eigenvalue weighted by Crippen LogP contribution is 2.26. The Labute approximate surface area is 118 Å². The number of halogens is 2. The third-order valence-corrected chi connectivity index (χ3v) is 4.13. The molecule has 3 rings (SSSR count). The first-order valence-electron chi connectivity index (χ1n) is 6.37. The molecular weight excluding hydrogens is 313 g/mol. The van der Waals surface area contributed by atoms with Gasteiger partial charge in [-0.15, -0.1) is 0 Å². The fourth-order valence-electron chi connectivity index (χ4n) is 2.52. The predicted octanol–water partition coefficient (Wildman–Crippen LogP) is 3.09. The van der Waals surface area contributed by atoms with Gasteiger partial charge in [0.15, 0.2) is 0 Å². The fourth-order valence-corrected chi connectivity index (χ4v) is 2.85. The maximum absolute atomic E-state index is 13.5. The molecular formula is C13H15BrFN3O. The van der Waals surface area contributed by atoms with Crippen molar-refractivity contribution in [2.75, 3.05) is 12.3 Å². The van der Waals surface area contributed by atoms with Crippen LogP contribution in [0.4, 0.5) is 10.3 Å².